The van der Waals surface area contributed by atoms with E-state index in [0.29, 0.717) is 0 Å². The van der Waals surface area contributed by atoms with E-state index < -0.39 is 11.1 Å². The first-order valence-electron chi connectivity index (χ1n) is 6.26. The number of likely N-dealkylation sites (N-methyl/N-ethyl adjacent to an activating group) is 2. The molecule has 0 aromatic rings. The minimum absolute atomic E-state index is 0.0937. The van der Waals surface area contributed by atoms with Crippen LogP contribution in [0, 0.1) is 11.8 Å². The molecule has 4 heteroatoms. The van der Waals surface area contributed by atoms with Crippen LogP contribution in [0.3, 0.4) is 0 Å². The van der Waals surface area contributed by atoms with E-state index in [2.05, 4.69) is 0 Å². The smallest absolute Gasteiger partial charge is 0.232 e. The summed E-state index contributed by atoms with van der Waals surface area (Å²) in [6.45, 7) is 3.90. The highest BCUT2D eigenvalue weighted by Crippen LogP contribution is 2.45. The van der Waals surface area contributed by atoms with E-state index >= 15 is 0 Å². The van der Waals surface area contributed by atoms with Crippen molar-refractivity contribution in [2.24, 2.45) is 11.8 Å². The molecule has 6 aliphatic rings. The van der Waals surface area contributed by atoms with E-state index in [4.69, 9.17) is 0 Å². The molecule has 0 unspecified atom stereocenters. The van der Waals surface area contributed by atoms with Gasteiger partial charge in [-0.25, -0.2) is 0 Å². The number of amides is 2. The molecule has 6 rings (SSSR count). The van der Waals surface area contributed by atoms with Gasteiger partial charge in [0.15, 0.2) is 0 Å². The molecule has 4 atom stereocenters. The highest BCUT2D eigenvalue weighted by Gasteiger charge is 2.57. The Morgan fingerprint density at radius 1 is 0.889 bits per heavy atom. The van der Waals surface area contributed by atoms with Crippen LogP contribution in [0.15, 0.2) is 24.3 Å². The molecule has 0 aromatic carbocycles. The lowest BCUT2D eigenvalue weighted by atomic mass is 9.67. The van der Waals surface area contributed by atoms with Gasteiger partial charge in [-0.05, 0) is 13.8 Å². The number of nitrogens with zero attached hydrogens (tertiary/aromatic N) is 2. The second-order valence-corrected chi connectivity index (χ2v) is 5.92. The van der Waals surface area contributed by atoms with Crippen molar-refractivity contribution in [3.05, 3.63) is 24.3 Å². The lowest BCUT2D eigenvalue weighted by Gasteiger charge is -2.56. The molecule has 0 saturated carbocycles. The fourth-order valence-corrected chi connectivity index (χ4v) is 3.38. The Morgan fingerprint density at radius 3 is 1.56 bits per heavy atom. The number of carbonyl (C=O) groups is 2. The summed E-state index contributed by atoms with van der Waals surface area (Å²) >= 11 is 0. The number of rotatable bonds is 0. The highest BCUT2D eigenvalue weighted by atomic mass is 16.2. The molecule has 0 radical (unpaired) electrons. The second-order valence-electron chi connectivity index (χ2n) is 5.92. The molecule has 4 bridgehead atoms. The van der Waals surface area contributed by atoms with E-state index in [-0.39, 0.29) is 23.7 Å². The molecule has 5 heterocycles. The van der Waals surface area contributed by atoms with Gasteiger partial charge in [0, 0.05) is 14.1 Å². The molecule has 1 aliphatic carbocycles. The van der Waals surface area contributed by atoms with Gasteiger partial charge in [0.1, 0.15) is 0 Å². The lowest BCUT2D eigenvalue weighted by Crippen LogP contribution is -2.69. The van der Waals surface area contributed by atoms with Crippen LogP contribution in [0.2, 0.25) is 0 Å². The van der Waals surface area contributed by atoms with E-state index in [1.807, 2.05) is 38.2 Å². The minimum atomic E-state index is -0.544. The lowest BCUT2D eigenvalue weighted by molar-refractivity contribution is -0.157. The zero-order valence-corrected chi connectivity index (χ0v) is 11.2. The first-order chi connectivity index (χ1) is 8.32. The fraction of sp³-hybridized carbons (Fsp3) is 0.571. The van der Waals surface area contributed by atoms with E-state index in [1.165, 1.54) is 0 Å². The molecule has 1 saturated heterocycles. The Labute approximate surface area is 107 Å². The summed E-state index contributed by atoms with van der Waals surface area (Å²) in [5, 5.41) is 0. The maximum absolute atomic E-state index is 12.5. The summed E-state index contributed by atoms with van der Waals surface area (Å²) < 4.78 is 0. The standard InChI is InChI=1S/C14H18N2O2/c1-13-7-5-10(12(18)15(13)3)14(2)8-6-9(13)11(17)16(14)4/h5-10H,1-4H3/t9-,10+,13+,14-. The first kappa shape index (κ1) is 11.5. The van der Waals surface area contributed by atoms with Gasteiger partial charge >= 0.3 is 0 Å². The molecule has 0 spiro atoms. The maximum Gasteiger partial charge on any atom is 0.232 e. The van der Waals surface area contributed by atoms with Crippen molar-refractivity contribution in [2.45, 2.75) is 24.9 Å². The van der Waals surface area contributed by atoms with Crippen molar-refractivity contribution in [2.75, 3.05) is 14.1 Å². The van der Waals surface area contributed by atoms with Crippen LogP contribution in [-0.2, 0) is 9.59 Å². The molecule has 0 N–H and O–H groups in total. The van der Waals surface area contributed by atoms with Gasteiger partial charge in [0.05, 0.1) is 22.9 Å². The number of carbonyl (C=O) groups excluding carboxylic acids is 2. The van der Waals surface area contributed by atoms with Crippen molar-refractivity contribution in [3.63, 3.8) is 0 Å². The van der Waals surface area contributed by atoms with Crippen LogP contribution < -0.4 is 0 Å². The Balaban J connectivity index is 2.30. The topological polar surface area (TPSA) is 40.6 Å². The van der Waals surface area contributed by atoms with Gasteiger partial charge < -0.3 is 9.80 Å². The molecular formula is C14H18N2O2. The maximum atomic E-state index is 12.5. The van der Waals surface area contributed by atoms with Gasteiger partial charge in [-0.1, -0.05) is 24.3 Å². The van der Waals surface area contributed by atoms with Crippen molar-refractivity contribution < 1.29 is 9.59 Å². The molecule has 5 aliphatic heterocycles. The predicted molar refractivity (Wildman–Crippen MR) is 67.6 cm³/mol. The van der Waals surface area contributed by atoms with Crippen LogP contribution in [0.25, 0.3) is 0 Å². The number of hydrogen-bond donors (Lipinski definition) is 0. The van der Waals surface area contributed by atoms with E-state index in [9.17, 15) is 9.59 Å². The third-order valence-electron chi connectivity index (χ3n) is 5.15. The molecule has 2 amide bonds. The summed E-state index contributed by atoms with van der Waals surface area (Å²) in [4.78, 5) is 28.5. The SMILES string of the molecule is CN1C(=O)[C@@H]2C=C[C@@]1(C)[C@@H]1C=C[C@@]2(C)N(C)C1=O. The Hall–Kier alpha value is -1.58. The van der Waals surface area contributed by atoms with Crippen LogP contribution in [-0.4, -0.2) is 46.8 Å². The third kappa shape index (κ3) is 1.02. The Kier molecular flexibility index (Phi) is 1.95. The van der Waals surface area contributed by atoms with Crippen molar-refractivity contribution in [1.29, 1.82) is 0 Å². The van der Waals surface area contributed by atoms with Crippen LogP contribution in [0.5, 0.6) is 0 Å². The van der Waals surface area contributed by atoms with Crippen molar-refractivity contribution in [3.8, 4) is 0 Å². The van der Waals surface area contributed by atoms with E-state index in [1.54, 1.807) is 23.9 Å². The van der Waals surface area contributed by atoms with Gasteiger partial charge in [-0.2, -0.15) is 0 Å². The predicted octanol–water partition coefficient (Wildman–Crippen LogP) is 0.806. The Bertz CT molecular complexity index is 464. The van der Waals surface area contributed by atoms with Gasteiger partial charge in [-0.15, -0.1) is 0 Å². The van der Waals surface area contributed by atoms with Gasteiger partial charge in [-0.3, -0.25) is 9.59 Å². The zero-order chi connectivity index (χ0) is 13.3. The molecule has 1 fully saturated rings. The first-order valence-corrected chi connectivity index (χ1v) is 6.26. The average molecular weight is 246 g/mol. The fourth-order valence-electron chi connectivity index (χ4n) is 3.38. The van der Waals surface area contributed by atoms with Crippen LogP contribution in [0.1, 0.15) is 13.8 Å². The van der Waals surface area contributed by atoms with Gasteiger partial charge in [0.2, 0.25) is 11.8 Å². The summed E-state index contributed by atoms with van der Waals surface area (Å²) in [5.41, 5.74) is -1.09. The summed E-state index contributed by atoms with van der Waals surface area (Å²) in [6, 6.07) is 0. The summed E-state index contributed by atoms with van der Waals surface area (Å²) in [6.07, 6.45) is 8.00. The van der Waals surface area contributed by atoms with Crippen LogP contribution >= 0.6 is 0 Å². The van der Waals surface area contributed by atoms with Gasteiger partial charge in [0.25, 0.3) is 0 Å². The average Bonchev–Trinajstić information content (AvgIpc) is 2.32. The zero-order valence-electron chi connectivity index (χ0n) is 11.2. The highest BCUT2D eigenvalue weighted by molar-refractivity contribution is 5.93. The molecule has 18 heavy (non-hydrogen) atoms. The molecule has 0 aromatic heterocycles. The molecule has 4 nitrogen and oxygen atoms in total. The molecule has 96 valence electrons. The summed E-state index contributed by atoms with van der Waals surface area (Å²) in [5.74, 6) is -0.392. The third-order valence-corrected chi connectivity index (χ3v) is 5.15. The number of hydrogen-bond acceptors (Lipinski definition) is 2. The van der Waals surface area contributed by atoms with Crippen molar-refractivity contribution >= 4 is 11.8 Å². The minimum Gasteiger partial charge on any atom is -0.335 e. The normalized spacial score (nSPS) is 45.8. The monoisotopic (exact) mass is 246 g/mol. The Morgan fingerprint density at radius 2 is 1.22 bits per heavy atom. The molecular weight excluding hydrogens is 228 g/mol. The largest absolute Gasteiger partial charge is 0.335 e. The van der Waals surface area contributed by atoms with E-state index in [0.717, 1.165) is 0 Å². The summed E-state index contributed by atoms with van der Waals surface area (Å²) in [7, 11) is 3.59. The quantitative estimate of drug-likeness (QED) is 0.593. The van der Waals surface area contributed by atoms with Crippen molar-refractivity contribution in [1.82, 2.24) is 9.80 Å². The van der Waals surface area contributed by atoms with Crippen LogP contribution in [0.4, 0.5) is 0 Å². The second kappa shape index (κ2) is 3.05.